The molecule has 2 unspecified atom stereocenters. The molecule has 0 aliphatic heterocycles. The number of nitrogens with zero attached hydrogens (tertiary/aromatic N) is 2. The fourth-order valence-corrected chi connectivity index (χ4v) is 2.39. The molecule has 96 valence electrons. The third-order valence-corrected chi connectivity index (χ3v) is 3.92. The molecule has 1 N–H and O–H groups in total. The van der Waals surface area contributed by atoms with Gasteiger partial charge in [0.15, 0.2) is 0 Å². The Hall–Kier alpha value is -1.36. The highest BCUT2D eigenvalue weighted by Crippen LogP contribution is 2.27. The Morgan fingerprint density at radius 1 is 1.44 bits per heavy atom. The zero-order valence-electron chi connectivity index (χ0n) is 10.5. The monoisotopic (exact) mass is 310 g/mol. The molecule has 1 heterocycles. The fourth-order valence-electron chi connectivity index (χ4n) is 2.04. The Kier molecular flexibility index (Phi) is 3.43. The number of hydrogen-bond acceptors (Lipinski definition) is 2. The van der Waals surface area contributed by atoms with E-state index in [2.05, 4.69) is 20.9 Å². The number of aryl methyl sites for hydroxylation is 1. The molecule has 0 aliphatic carbocycles. The van der Waals surface area contributed by atoms with Crippen LogP contribution in [0.15, 0.2) is 22.7 Å². The van der Waals surface area contributed by atoms with Gasteiger partial charge in [0.2, 0.25) is 0 Å². The first-order valence-corrected chi connectivity index (χ1v) is 6.55. The Morgan fingerprint density at radius 2 is 2.11 bits per heavy atom. The zero-order chi connectivity index (χ0) is 13.4. The molecule has 0 saturated carbocycles. The molecule has 4 nitrogen and oxygen atoms in total. The number of imidazole rings is 1. The molecular weight excluding hydrogens is 296 g/mol. The zero-order valence-corrected chi connectivity index (χ0v) is 12.1. The van der Waals surface area contributed by atoms with Gasteiger partial charge in [0.1, 0.15) is 5.82 Å². The van der Waals surface area contributed by atoms with E-state index in [1.165, 1.54) is 0 Å². The van der Waals surface area contributed by atoms with Crippen LogP contribution in [0.5, 0.6) is 0 Å². The number of benzene rings is 1. The Balaban J connectivity index is 2.51. The molecule has 5 heteroatoms. The van der Waals surface area contributed by atoms with Gasteiger partial charge >= 0.3 is 5.97 Å². The molecule has 0 spiro atoms. The van der Waals surface area contributed by atoms with Crippen LogP contribution in [0.2, 0.25) is 0 Å². The first kappa shape index (κ1) is 13.1. The normalized spacial score (nSPS) is 14.7. The summed E-state index contributed by atoms with van der Waals surface area (Å²) in [6.07, 6.45) is 0. The average molecular weight is 311 g/mol. The standard InChI is InChI=1S/C13H15BrN2O2/c1-7(8(2)13(17)18)12-15-10-6-9(14)4-5-11(10)16(12)3/h4-8H,1-3H3,(H,17,18). The number of carboxylic acids is 1. The summed E-state index contributed by atoms with van der Waals surface area (Å²) in [5.41, 5.74) is 1.89. The van der Waals surface area contributed by atoms with Crippen molar-refractivity contribution in [3.63, 3.8) is 0 Å². The number of rotatable bonds is 3. The number of aliphatic carboxylic acids is 1. The smallest absolute Gasteiger partial charge is 0.306 e. The number of carbonyl (C=O) groups is 1. The molecule has 1 aromatic heterocycles. The first-order valence-electron chi connectivity index (χ1n) is 5.76. The van der Waals surface area contributed by atoms with Crippen LogP contribution in [0.25, 0.3) is 11.0 Å². The second-order valence-electron chi connectivity index (χ2n) is 4.58. The summed E-state index contributed by atoms with van der Waals surface area (Å²) in [4.78, 5) is 15.6. The van der Waals surface area contributed by atoms with Gasteiger partial charge in [-0.1, -0.05) is 29.8 Å². The second-order valence-corrected chi connectivity index (χ2v) is 5.49. The summed E-state index contributed by atoms with van der Waals surface area (Å²) in [5.74, 6) is -0.573. The summed E-state index contributed by atoms with van der Waals surface area (Å²) in [6, 6.07) is 5.88. The van der Waals surface area contributed by atoms with Crippen LogP contribution < -0.4 is 0 Å². The quantitative estimate of drug-likeness (QED) is 0.947. The number of hydrogen-bond donors (Lipinski definition) is 1. The van der Waals surface area contributed by atoms with Crippen LogP contribution in [-0.4, -0.2) is 20.6 Å². The summed E-state index contributed by atoms with van der Waals surface area (Å²) < 4.78 is 2.94. The molecule has 1 aromatic carbocycles. The minimum absolute atomic E-state index is 0.126. The number of halogens is 1. The van der Waals surface area contributed by atoms with Crippen LogP contribution >= 0.6 is 15.9 Å². The maximum absolute atomic E-state index is 11.1. The Labute approximate surface area is 114 Å². The summed E-state index contributed by atoms with van der Waals surface area (Å²) in [6.45, 7) is 3.61. The van der Waals surface area contributed by atoms with E-state index in [1.807, 2.05) is 36.7 Å². The molecular formula is C13H15BrN2O2. The van der Waals surface area contributed by atoms with Crippen molar-refractivity contribution in [2.24, 2.45) is 13.0 Å². The maximum atomic E-state index is 11.1. The van der Waals surface area contributed by atoms with Crippen molar-refractivity contribution < 1.29 is 9.90 Å². The van der Waals surface area contributed by atoms with E-state index in [-0.39, 0.29) is 5.92 Å². The molecule has 0 amide bonds. The van der Waals surface area contributed by atoms with Gasteiger partial charge in [-0.25, -0.2) is 4.98 Å². The first-order chi connectivity index (χ1) is 8.41. The van der Waals surface area contributed by atoms with Crippen molar-refractivity contribution in [2.75, 3.05) is 0 Å². The SMILES string of the molecule is CC(C(=O)O)C(C)c1nc2cc(Br)ccc2n1C. The Morgan fingerprint density at radius 3 is 2.72 bits per heavy atom. The molecule has 18 heavy (non-hydrogen) atoms. The molecule has 0 fully saturated rings. The van der Waals surface area contributed by atoms with Gasteiger partial charge in [-0.3, -0.25) is 4.79 Å². The topological polar surface area (TPSA) is 55.1 Å². The highest BCUT2D eigenvalue weighted by molar-refractivity contribution is 9.10. The summed E-state index contributed by atoms with van der Waals surface area (Å²) in [7, 11) is 1.92. The number of fused-ring (bicyclic) bond motifs is 1. The van der Waals surface area contributed by atoms with Gasteiger partial charge in [-0.15, -0.1) is 0 Å². The lowest BCUT2D eigenvalue weighted by Gasteiger charge is -2.15. The van der Waals surface area contributed by atoms with Gasteiger partial charge in [0, 0.05) is 17.4 Å². The highest BCUT2D eigenvalue weighted by atomic mass is 79.9. The van der Waals surface area contributed by atoms with Crippen LogP contribution in [-0.2, 0) is 11.8 Å². The fraction of sp³-hybridized carbons (Fsp3) is 0.385. The lowest BCUT2D eigenvalue weighted by Crippen LogP contribution is -2.19. The van der Waals surface area contributed by atoms with Crippen molar-refractivity contribution in [3.05, 3.63) is 28.5 Å². The van der Waals surface area contributed by atoms with E-state index in [0.717, 1.165) is 21.3 Å². The van der Waals surface area contributed by atoms with E-state index < -0.39 is 11.9 Å². The van der Waals surface area contributed by atoms with Crippen molar-refractivity contribution in [3.8, 4) is 0 Å². The van der Waals surface area contributed by atoms with Gasteiger partial charge in [0.25, 0.3) is 0 Å². The third kappa shape index (κ3) is 2.14. The van der Waals surface area contributed by atoms with Gasteiger partial charge in [0.05, 0.1) is 17.0 Å². The largest absolute Gasteiger partial charge is 0.481 e. The van der Waals surface area contributed by atoms with Crippen molar-refractivity contribution in [1.29, 1.82) is 0 Å². The van der Waals surface area contributed by atoms with E-state index in [9.17, 15) is 4.79 Å². The van der Waals surface area contributed by atoms with Crippen molar-refractivity contribution >= 4 is 32.9 Å². The van der Waals surface area contributed by atoms with Gasteiger partial charge < -0.3 is 9.67 Å². The van der Waals surface area contributed by atoms with E-state index in [1.54, 1.807) is 6.92 Å². The van der Waals surface area contributed by atoms with Crippen LogP contribution in [0, 0.1) is 5.92 Å². The minimum Gasteiger partial charge on any atom is -0.481 e. The Bertz CT molecular complexity index is 606. The second kappa shape index (κ2) is 4.72. The lowest BCUT2D eigenvalue weighted by atomic mass is 9.95. The summed E-state index contributed by atoms with van der Waals surface area (Å²) >= 11 is 3.41. The van der Waals surface area contributed by atoms with E-state index >= 15 is 0 Å². The van der Waals surface area contributed by atoms with E-state index in [4.69, 9.17) is 5.11 Å². The predicted octanol–water partition coefficient (Wildman–Crippen LogP) is 3.16. The van der Waals surface area contributed by atoms with Crippen LogP contribution in [0.3, 0.4) is 0 Å². The minimum atomic E-state index is -0.796. The average Bonchev–Trinajstić information content (AvgIpc) is 2.64. The predicted molar refractivity (Wildman–Crippen MR) is 73.6 cm³/mol. The van der Waals surface area contributed by atoms with Crippen molar-refractivity contribution in [2.45, 2.75) is 19.8 Å². The number of aromatic nitrogens is 2. The molecule has 2 atom stereocenters. The van der Waals surface area contributed by atoms with Crippen LogP contribution in [0.4, 0.5) is 0 Å². The molecule has 0 saturated heterocycles. The molecule has 2 aromatic rings. The van der Waals surface area contributed by atoms with E-state index in [0.29, 0.717) is 0 Å². The van der Waals surface area contributed by atoms with Gasteiger partial charge in [-0.05, 0) is 18.2 Å². The van der Waals surface area contributed by atoms with Gasteiger partial charge in [-0.2, -0.15) is 0 Å². The molecule has 2 rings (SSSR count). The van der Waals surface area contributed by atoms with Crippen molar-refractivity contribution in [1.82, 2.24) is 9.55 Å². The molecule has 0 bridgehead atoms. The number of carboxylic acid groups (broad SMARTS) is 1. The summed E-state index contributed by atoms with van der Waals surface area (Å²) in [5, 5.41) is 9.08. The maximum Gasteiger partial charge on any atom is 0.306 e. The third-order valence-electron chi connectivity index (χ3n) is 3.42. The molecule has 0 aliphatic rings. The molecule has 0 radical (unpaired) electrons. The highest BCUT2D eigenvalue weighted by Gasteiger charge is 2.25. The lowest BCUT2D eigenvalue weighted by molar-refractivity contribution is -0.141. The van der Waals surface area contributed by atoms with Crippen LogP contribution in [0.1, 0.15) is 25.6 Å².